The topological polar surface area (TPSA) is 80.7 Å². The smallest absolute Gasteiger partial charge is 0.415 e. The monoisotopic (exact) mass is 419 g/mol. The molecule has 8 heteroatoms. The Hall–Kier alpha value is -3.52. The molecule has 0 saturated carbocycles. The van der Waals surface area contributed by atoms with Crippen molar-refractivity contribution in [2.24, 2.45) is 0 Å². The molecule has 0 spiro atoms. The first kappa shape index (κ1) is 20.7. The van der Waals surface area contributed by atoms with Crippen LogP contribution in [0.2, 0.25) is 0 Å². The zero-order valence-corrected chi connectivity index (χ0v) is 17.6. The maximum Gasteiger partial charge on any atom is 0.415 e. The Morgan fingerprint density at radius 1 is 1.10 bits per heavy atom. The highest BCUT2D eigenvalue weighted by molar-refractivity contribution is 5.71. The number of benzene rings is 1. The Labute approximate surface area is 181 Å². The fourth-order valence-electron chi connectivity index (χ4n) is 3.60. The molecule has 1 aliphatic heterocycles. The molecular weight excluding hydrogens is 394 g/mol. The molecule has 0 radical (unpaired) electrons. The number of aryl methyl sites for hydroxylation is 1. The highest BCUT2D eigenvalue weighted by Crippen LogP contribution is 2.21. The van der Waals surface area contributed by atoms with Crippen LogP contribution >= 0.6 is 0 Å². The number of hydrogen-bond donors (Lipinski definition) is 0. The van der Waals surface area contributed by atoms with Crippen molar-refractivity contribution in [2.45, 2.75) is 26.4 Å². The normalized spacial score (nSPS) is 16.7. The van der Waals surface area contributed by atoms with Crippen molar-refractivity contribution in [3.05, 3.63) is 72.3 Å². The minimum Gasteiger partial charge on any atom is -0.424 e. The lowest BCUT2D eigenvalue weighted by Crippen LogP contribution is -2.54. The number of nitrogens with zero attached hydrogens (tertiary/aromatic N) is 5. The lowest BCUT2D eigenvalue weighted by molar-refractivity contribution is 0.0752. The summed E-state index contributed by atoms with van der Waals surface area (Å²) >= 11 is 0. The van der Waals surface area contributed by atoms with E-state index in [1.807, 2.05) is 32.0 Å². The van der Waals surface area contributed by atoms with Crippen molar-refractivity contribution in [1.29, 1.82) is 0 Å². The number of amides is 1. The molecule has 160 valence electrons. The Morgan fingerprint density at radius 2 is 1.94 bits per heavy atom. The van der Waals surface area contributed by atoms with Crippen LogP contribution in [0, 0.1) is 6.92 Å². The van der Waals surface area contributed by atoms with E-state index in [-0.39, 0.29) is 12.1 Å². The minimum absolute atomic E-state index is 0.0381. The zero-order valence-electron chi connectivity index (χ0n) is 17.6. The summed E-state index contributed by atoms with van der Waals surface area (Å²) in [4.78, 5) is 28.9. The van der Waals surface area contributed by atoms with Crippen LogP contribution in [0.1, 0.15) is 18.1 Å². The van der Waals surface area contributed by atoms with Crippen LogP contribution in [0.5, 0.6) is 17.5 Å². The molecule has 1 fully saturated rings. The highest BCUT2D eigenvalue weighted by Gasteiger charge is 2.29. The van der Waals surface area contributed by atoms with Gasteiger partial charge in [0.15, 0.2) is 5.75 Å². The van der Waals surface area contributed by atoms with Gasteiger partial charge in [-0.1, -0.05) is 12.1 Å². The van der Waals surface area contributed by atoms with Gasteiger partial charge in [-0.05, 0) is 49.2 Å². The molecule has 3 aromatic rings. The first-order chi connectivity index (χ1) is 15.1. The van der Waals surface area contributed by atoms with Crippen molar-refractivity contribution in [3.8, 4) is 17.5 Å². The van der Waals surface area contributed by atoms with E-state index in [0.717, 1.165) is 30.8 Å². The van der Waals surface area contributed by atoms with E-state index in [0.29, 0.717) is 24.1 Å². The summed E-state index contributed by atoms with van der Waals surface area (Å²) in [5.74, 6) is 1.17. The molecule has 2 aromatic heterocycles. The summed E-state index contributed by atoms with van der Waals surface area (Å²) in [7, 11) is 0. The second kappa shape index (κ2) is 9.53. The van der Waals surface area contributed by atoms with Crippen molar-refractivity contribution in [2.75, 3.05) is 19.6 Å². The Morgan fingerprint density at radius 3 is 2.71 bits per heavy atom. The van der Waals surface area contributed by atoms with Gasteiger partial charge in [-0.25, -0.2) is 14.8 Å². The van der Waals surface area contributed by atoms with Gasteiger partial charge in [0.2, 0.25) is 0 Å². The molecule has 0 aliphatic carbocycles. The number of piperazine rings is 1. The Kier molecular flexibility index (Phi) is 6.37. The van der Waals surface area contributed by atoms with Gasteiger partial charge < -0.3 is 14.4 Å². The van der Waals surface area contributed by atoms with E-state index >= 15 is 0 Å². The van der Waals surface area contributed by atoms with Gasteiger partial charge in [-0.3, -0.25) is 9.88 Å². The van der Waals surface area contributed by atoms with Gasteiger partial charge in [0.1, 0.15) is 5.75 Å². The second-order valence-corrected chi connectivity index (χ2v) is 7.62. The van der Waals surface area contributed by atoms with Crippen LogP contribution < -0.4 is 9.47 Å². The van der Waals surface area contributed by atoms with Crippen molar-refractivity contribution >= 4 is 6.09 Å². The molecule has 1 atom stereocenters. The van der Waals surface area contributed by atoms with Gasteiger partial charge in [0.05, 0.1) is 6.20 Å². The molecule has 0 unspecified atom stereocenters. The molecule has 3 heterocycles. The zero-order chi connectivity index (χ0) is 21.6. The highest BCUT2D eigenvalue weighted by atomic mass is 16.6. The summed E-state index contributed by atoms with van der Waals surface area (Å²) in [6.07, 6.45) is 6.24. The maximum absolute atomic E-state index is 12.6. The van der Waals surface area contributed by atoms with E-state index in [1.54, 1.807) is 41.8 Å². The number of aromatic nitrogens is 3. The van der Waals surface area contributed by atoms with E-state index in [1.165, 1.54) is 0 Å². The lowest BCUT2D eigenvalue weighted by Gasteiger charge is -2.39. The Balaban J connectivity index is 1.33. The van der Waals surface area contributed by atoms with E-state index < -0.39 is 0 Å². The van der Waals surface area contributed by atoms with Crippen LogP contribution in [0.3, 0.4) is 0 Å². The van der Waals surface area contributed by atoms with Crippen molar-refractivity contribution < 1.29 is 14.3 Å². The van der Waals surface area contributed by atoms with Crippen molar-refractivity contribution in [1.82, 2.24) is 24.8 Å². The van der Waals surface area contributed by atoms with Crippen LogP contribution in [0.15, 0.2) is 61.2 Å². The largest absolute Gasteiger partial charge is 0.424 e. The minimum atomic E-state index is -0.335. The molecule has 1 aromatic carbocycles. The fraction of sp³-hybridized carbons (Fsp3) is 0.304. The van der Waals surface area contributed by atoms with Gasteiger partial charge >= 0.3 is 12.1 Å². The number of pyridine rings is 1. The van der Waals surface area contributed by atoms with Gasteiger partial charge in [0, 0.05) is 50.8 Å². The molecule has 31 heavy (non-hydrogen) atoms. The summed E-state index contributed by atoms with van der Waals surface area (Å²) in [6.45, 7) is 6.84. The number of rotatable bonds is 5. The lowest BCUT2D eigenvalue weighted by atomic mass is 10.1. The third-order valence-corrected chi connectivity index (χ3v) is 5.06. The first-order valence-corrected chi connectivity index (χ1v) is 10.2. The van der Waals surface area contributed by atoms with Crippen LogP contribution in [0.4, 0.5) is 4.79 Å². The van der Waals surface area contributed by atoms with Gasteiger partial charge in [0.25, 0.3) is 0 Å². The molecule has 0 bridgehead atoms. The SMILES string of the molecule is Cc1cncc(OC(=O)N2CCN(Cc3cccc(Oc4ncccn4)c3)C[C@H]2C)c1. The van der Waals surface area contributed by atoms with E-state index in [9.17, 15) is 4.79 Å². The van der Waals surface area contributed by atoms with Crippen LogP contribution in [-0.2, 0) is 6.54 Å². The molecule has 1 amide bonds. The summed E-state index contributed by atoms with van der Waals surface area (Å²) in [5.41, 5.74) is 2.08. The van der Waals surface area contributed by atoms with E-state index in [4.69, 9.17) is 9.47 Å². The third-order valence-electron chi connectivity index (χ3n) is 5.06. The predicted molar refractivity (Wildman–Crippen MR) is 115 cm³/mol. The summed E-state index contributed by atoms with van der Waals surface area (Å²) in [6, 6.07) is 11.8. The molecule has 1 aliphatic rings. The van der Waals surface area contributed by atoms with Gasteiger partial charge in [-0.15, -0.1) is 0 Å². The predicted octanol–water partition coefficient (Wildman–Crippen LogP) is 3.68. The Bertz CT molecular complexity index is 1030. The summed E-state index contributed by atoms with van der Waals surface area (Å²) in [5, 5.41) is 0. The molecular formula is C23H25N5O3. The standard InChI is InChI=1S/C23H25N5O3/c1-17-11-21(14-24-13-17)31-23(29)28-10-9-27(15-18(28)2)16-19-5-3-6-20(12-19)30-22-25-7-4-8-26-22/h3-8,11-14,18H,9-10,15-16H2,1-2H3/t18-/m1/s1. The fourth-order valence-corrected chi connectivity index (χ4v) is 3.60. The molecule has 8 nitrogen and oxygen atoms in total. The first-order valence-electron chi connectivity index (χ1n) is 10.2. The molecule has 4 rings (SSSR count). The number of carbonyl (C=O) groups is 1. The second-order valence-electron chi connectivity index (χ2n) is 7.62. The third kappa shape index (κ3) is 5.55. The average molecular weight is 419 g/mol. The quantitative estimate of drug-likeness (QED) is 0.624. The average Bonchev–Trinajstić information content (AvgIpc) is 2.75. The van der Waals surface area contributed by atoms with Crippen LogP contribution in [-0.4, -0.2) is 56.5 Å². The molecule has 1 saturated heterocycles. The molecule has 0 N–H and O–H groups in total. The van der Waals surface area contributed by atoms with E-state index in [2.05, 4.69) is 25.9 Å². The van der Waals surface area contributed by atoms with Gasteiger partial charge in [-0.2, -0.15) is 0 Å². The number of ether oxygens (including phenoxy) is 2. The number of hydrogen-bond acceptors (Lipinski definition) is 7. The summed E-state index contributed by atoms with van der Waals surface area (Å²) < 4.78 is 11.2. The number of carbonyl (C=O) groups excluding carboxylic acids is 1. The van der Waals surface area contributed by atoms with Crippen LogP contribution in [0.25, 0.3) is 0 Å². The van der Waals surface area contributed by atoms with Crippen molar-refractivity contribution in [3.63, 3.8) is 0 Å². The maximum atomic E-state index is 12.6.